The number of aryl methyl sites for hydroxylation is 1. The summed E-state index contributed by atoms with van der Waals surface area (Å²) in [5, 5.41) is 0. The molecule has 1 heterocycles. The van der Waals surface area contributed by atoms with Gasteiger partial charge in [0.15, 0.2) is 0 Å². The molecular weight excluding hydrogens is 398 g/mol. The van der Waals surface area contributed by atoms with Gasteiger partial charge in [-0.05, 0) is 63.3 Å². The minimum atomic E-state index is 0.0211. The Labute approximate surface area is 194 Å². The van der Waals surface area contributed by atoms with Gasteiger partial charge in [0, 0.05) is 36.9 Å². The molecule has 1 aromatic carbocycles. The Bertz CT molecular complexity index is 873. The van der Waals surface area contributed by atoms with Crippen LogP contribution < -0.4 is 0 Å². The summed E-state index contributed by atoms with van der Waals surface area (Å²) in [7, 11) is 0. The third kappa shape index (κ3) is 6.72. The molecule has 1 aromatic heterocycles. The first-order chi connectivity index (χ1) is 15.3. The van der Waals surface area contributed by atoms with E-state index in [2.05, 4.69) is 68.8 Å². The van der Waals surface area contributed by atoms with Crippen molar-refractivity contribution in [2.45, 2.75) is 92.4 Å². The number of benzene rings is 1. The first kappa shape index (κ1) is 25.7. The molecule has 0 aliphatic rings. The summed E-state index contributed by atoms with van der Waals surface area (Å²) in [5.41, 5.74) is 3.65. The smallest absolute Gasteiger partial charge is 0.242 e. The van der Waals surface area contributed by atoms with Gasteiger partial charge in [0.25, 0.3) is 0 Å². The van der Waals surface area contributed by atoms with Crippen LogP contribution in [-0.2, 0) is 22.7 Å². The second kappa shape index (κ2) is 12.5. The molecule has 0 saturated heterocycles. The van der Waals surface area contributed by atoms with E-state index in [0.29, 0.717) is 13.0 Å². The highest BCUT2D eigenvalue weighted by molar-refractivity contribution is 5.85. The maximum Gasteiger partial charge on any atom is 0.242 e. The monoisotopic (exact) mass is 439 g/mol. The van der Waals surface area contributed by atoms with E-state index in [1.165, 1.54) is 11.1 Å². The number of nitrogens with zero attached hydrogens (tertiary/aromatic N) is 3. The molecule has 0 radical (unpaired) electrons. The molecule has 176 valence electrons. The molecule has 0 spiro atoms. The molecule has 2 rings (SSSR count). The predicted octanol–water partition coefficient (Wildman–Crippen LogP) is 5.40. The number of amides is 2. The van der Waals surface area contributed by atoms with E-state index in [1.54, 1.807) is 4.90 Å². The lowest BCUT2D eigenvalue weighted by Gasteiger charge is -2.34. The summed E-state index contributed by atoms with van der Waals surface area (Å²) in [6.07, 6.45) is 5.07. The van der Waals surface area contributed by atoms with Gasteiger partial charge < -0.3 is 14.4 Å². The highest BCUT2D eigenvalue weighted by atomic mass is 16.2. The van der Waals surface area contributed by atoms with Gasteiger partial charge in [-0.15, -0.1) is 0 Å². The molecule has 5 heteroatoms. The van der Waals surface area contributed by atoms with Crippen molar-refractivity contribution in [3.8, 4) is 0 Å². The number of hydrogen-bond donors (Lipinski definition) is 0. The van der Waals surface area contributed by atoms with Crippen molar-refractivity contribution in [1.29, 1.82) is 0 Å². The SMILES string of the molecule is CCCC(=O)N(CC(=O)N(Cc1cccn1Cc1ccccc1C)[C@H](C)CC)[C@@H](C)CC. The largest absolute Gasteiger partial charge is 0.345 e. The van der Waals surface area contributed by atoms with Crippen LogP contribution >= 0.6 is 0 Å². The highest BCUT2D eigenvalue weighted by Gasteiger charge is 2.26. The van der Waals surface area contributed by atoms with Crippen LogP contribution in [0.5, 0.6) is 0 Å². The van der Waals surface area contributed by atoms with E-state index < -0.39 is 0 Å². The normalized spacial score (nSPS) is 12.9. The standard InChI is InChI=1S/C27H41N3O2/c1-7-13-26(31)30(23(6)9-3)20-27(32)29(22(5)8-2)19-25-16-12-17-28(25)18-24-15-11-10-14-21(24)4/h10-12,14-17,22-23H,7-9,13,18-20H2,1-6H3/t22-,23+/m1/s1. The molecule has 32 heavy (non-hydrogen) atoms. The summed E-state index contributed by atoms with van der Waals surface area (Å²) < 4.78 is 2.22. The van der Waals surface area contributed by atoms with Gasteiger partial charge in [-0.3, -0.25) is 9.59 Å². The second-order valence-corrected chi connectivity index (χ2v) is 8.86. The maximum absolute atomic E-state index is 13.5. The molecule has 0 bridgehead atoms. The minimum Gasteiger partial charge on any atom is -0.345 e. The van der Waals surface area contributed by atoms with Crippen LogP contribution in [0.4, 0.5) is 0 Å². The molecule has 0 saturated carbocycles. The van der Waals surface area contributed by atoms with Crippen LogP contribution in [0.3, 0.4) is 0 Å². The van der Waals surface area contributed by atoms with Gasteiger partial charge in [-0.1, -0.05) is 45.0 Å². The quantitative estimate of drug-likeness (QED) is 0.444. The molecule has 2 atom stereocenters. The van der Waals surface area contributed by atoms with Gasteiger partial charge in [0.05, 0.1) is 6.54 Å². The molecule has 0 aliphatic carbocycles. The zero-order valence-electron chi connectivity index (χ0n) is 20.8. The van der Waals surface area contributed by atoms with Gasteiger partial charge in [-0.2, -0.15) is 0 Å². The predicted molar refractivity (Wildman–Crippen MR) is 131 cm³/mol. The van der Waals surface area contributed by atoms with Gasteiger partial charge in [0.1, 0.15) is 6.54 Å². The first-order valence-corrected chi connectivity index (χ1v) is 12.1. The van der Waals surface area contributed by atoms with Gasteiger partial charge in [0.2, 0.25) is 11.8 Å². The van der Waals surface area contributed by atoms with Crippen molar-refractivity contribution in [1.82, 2.24) is 14.4 Å². The summed E-state index contributed by atoms with van der Waals surface area (Å²) in [4.78, 5) is 29.9. The lowest BCUT2D eigenvalue weighted by Crippen LogP contribution is -2.48. The van der Waals surface area contributed by atoms with E-state index in [0.717, 1.165) is 31.5 Å². The van der Waals surface area contributed by atoms with Crippen molar-refractivity contribution >= 4 is 11.8 Å². The number of carbonyl (C=O) groups excluding carboxylic acids is 2. The van der Waals surface area contributed by atoms with Crippen LogP contribution in [0.1, 0.15) is 77.1 Å². The van der Waals surface area contributed by atoms with Crippen molar-refractivity contribution in [2.24, 2.45) is 0 Å². The Morgan fingerprint density at radius 3 is 2.19 bits per heavy atom. The Hall–Kier alpha value is -2.56. The van der Waals surface area contributed by atoms with Crippen molar-refractivity contribution < 1.29 is 9.59 Å². The molecule has 0 N–H and O–H groups in total. The molecular formula is C27H41N3O2. The summed E-state index contributed by atoms with van der Waals surface area (Å²) >= 11 is 0. The minimum absolute atomic E-state index is 0.0211. The average Bonchev–Trinajstić information content (AvgIpc) is 3.22. The fourth-order valence-electron chi connectivity index (χ4n) is 3.91. The molecule has 0 unspecified atom stereocenters. The third-order valence-electron chi connectivity index (χ3n) is 6.51. The zero-order valence-corrected chi connectivity index (χ0v) is 20.8. The van der Waals surface area contributed by atoms with Crippen LogP contribution in [0, 0.1) is 6.92 Å². The fourth-order valence-corrected chi connectivity index (χ4v) is 3.91. The lowest BCUT2D eigenvalue weighted by atomic mass is 10.1. The Morgan fingerprint density at radius 2 is 1.56 bits per heavy atom. The third-order valence-corrected chi connectivity index (χ3v) is 6.51. The maximum atomic E-state index is 13.5. The lowest BCUT2D eigenvalue weighted by molar-refractivity contribution is -0.144. The Morgan fingerprint density at radius 1 is 0.906 bits per heavy atom. The summed E-state index contributed by atoms with van der Waals surface area (Å²) in [5.74, 6) is 0.0926. The number of carbonyl (C=O) groups is 2. The summed E-state index contributed by atoms with van der Waals surface area (Å²) in [6.45, 7) is 13.9. The highest BCUT2D eigenvalue weighted by Crippen LogP contribution is 2.17. The number of aromatic nitrogens is 1. The first-order valence-electron chi connectivity index (χ1n) is 12.1. The molecule has 2 aromatic rings. The second-order valence-electron chi connectivity index (χ2n) is 8.86. The topological polar surface area (TPSA) is 45.6 Å². The van der Waals surface area contributed by atoms with E-state index >= 15 is 0 Å². The van der Waals surface area contributed by atoms with E-state index in [4.69, 9.17) is 0 Å². The number of hydrogen-bond acceptors (Lipinski definition) is 2. The van der Waals surface area contributed by atoms with E-state index in [1.807, 2.05) is 24.8 Å². The Balaban J connectivity index is 2.22. The zero-order chi connectivity index (χ0) is 23.7. The van der Waals surface area contributed by atoms with E-state index in [-0.39, 0.29) is 30.4 Å². The molecule has 2 amide bonds. The number of rotatable bonds is 12. The molecule has 5 nitrogen and oxygen atoms in total. The summed E-state index contributed by atoms with van der Waals surface area (Å²) in [6, 6.07) is 12.7. The van der Waals surface area contributed by atoms with Crippen LogP contribution in [0.15, 0.2) is 42.6 Å². The van der Waals surface area contributed by atoms with Crippen molar-refractivity contribution in [2.75, 3.05) is 6.54 Å². The van der Waals surface area contributed by atoms with Crippen LogP contribution in [-0.4, -0.2) is 44.8 Å². The van der Waals surface area contributed by atoms with Crippen LogP contribution in [0.2, 0.25) is 0 Å². The van der Waals surface area contributed by atoms with Gasteiger partial charge >= 0.3 is 0 Å². The van der Waals surface area contributed by atoms with Crippen LogP contribution in [0.25, 0.3) is 0 Å². The molecule has 0 fully saturated rings. The van der Waals surface area contributed by atoms with E-state index in [9.17, 15) is 9.59 Å². The average molecular weight is 440 g/mol. The fraction of sp³-hybridized carbons (Fsp3) is 0.556. The van der Waals surface area contributed by atoms with Gasteiger partial charge in [-0.25, -0.2) is 0 Å². The molecule has 0 aliphatic heterocycles. The Kier molecular flexibility index (Phi) is 10.0. The van der Waals surface area contributed by atoms with Crippen molar-refractivity contribution in [3.63, 3.8) is 0 Å². The van der Waals surface area contributed by atoms with Crippen molar-refractivity contribution in [3.05, 3.63) is 59.4 Å².